The van der Waals surface area contributed by atoms with Crippen LogP contribution in [0.2, 0.25) is 0 Å². The lowest BCUT2D eigenvalue weighted by molar-refractivity contribution is -0.146. The number of fused-ring (bicyclic) bond motifs is 2. The number of aromatic nitrogens is 1. The van der Waals surface area contributed by atoms with Gasteiger partial charge in [-0.1, -0.05) is 32.9 Å². The number of hydrogen-bond acceptors (Lipinski definition) is 3. The van der Waals surface area contributed by atoms with Gasteiger partial charge in [0.05, 0.1) is 11.8 Å². The molecule has 122 valence electrons. The summed E-state index contributed by atoms with van der Waals surface area (Å²) in [5.41, 5.74) is 1.45. The normalized spacial score (nSPS) is 28.8. The van der Waals surface area contributed by atoms with E-state index in [1.807, 2.05) is 18.2 Å². The fourth-order valence-corrected chi connectivity index (χ4v) is 3.66. The van der Waals surface area contributed by atoms with Gasteiger partial charge in [0.15, 0.2) is 0 Å². The van der Waals surface area contributed by atoms with Crippen molar-refractivity contribution in [2.75, 3.05) is 5.32 Å². The fourth-order valence-electron chi connectivity index (χ4n) is 3.66. The Balaban J connectivity index is 1.80. The molecule has 23 heavy (non-hydrogen) atoms. The van der Waals surface area contributed by atoms with Gasteiger partial charge in [0.1, 0.15) is 0 Å². The molecule has 5 heteroatoms. The Morgan fingerprint density at radius 1 is 1.22 bits per heavy atom. The van der Waals surface area contributed by atoms with Crippen LogP contribution < -0.4 is 5.32 Å². The van der Waals surface area contributed by atoms with Crippen LogP contribution in [0.1, 0.15) is 32.9 Å². The zero-order valence-corrected chi connectivity index (χ0v) is 13.6. The molecule has 0 spiro atoms. The van der Waals surface area contributed by atoms with Crippen molar-refractivity contribution < 1.29 is 14.7 Å². The van der Waals surface area contributed by atoms with Crippen LogP contribution in [0.4, 0.5) is 5.69 Å². The number of pyridine rings is 1. The van der Waals surface area contributed by atoms with Gasteiger partial charge in [0, 0.05) is 23.0 Å². The summed E-state index contributed by atoms with van der Waals surface area (Å²) < 4.78 is 0. The molecule has 5 nitrogen and oxygen atoms in total. The highest BCUT2D eigenvalue weighted by molar-refractivity contribution is 5.96. The number of hydrogen-bond donors (Lipinski definition) is 2. The minimum Gasteiger partial charge on any atom is -0.481 e. The molecule has 3 rings (SSSR count). The smallest absolute Gasteiger partial charge is 0.307 e. The maximum Gasteiger partial charge on any atom is 0.307 e. The van der Waals surface area contributed by atoms with Gasteiger partial charge >= 0.3 is 5.97 Å². The van der Waals surface area contributed by atoms with E-state index in [0.717, 1.165) is 12.1 Å². The van der Waals surface area contributed by atoms with E-state index in [1.165, 1.54) is 0 Å². The van der Waals surface area contributed by atoms with Crippen molar-refractivity contribution in [2.45, 2.75) is 32.6 Å². The number of amides is 1. The highest BCUT2D eigenvalue weighted by Crippen LogP contribution is 2.48. The lowest BCUT2D eigenvalue weighted by atomic mass is 9.82. The molecule has 1 amide bonds. The average molecular weight is 314 g/mol. The highest BCUT2D eigenvalue weighted by atomic mass is 16.4. The molecule has 1 aromatic heterocycles. The lowest BCUT2D eigenvalue weighted by Crippen LogP contribution is -2.36. The molecular formula is C18H22N2O3. The second-order valence-corrected chi connectivity index (χ2v) is 7.51. The molecule has 2 aliphatic carbocycles. The molecule has 1 fully saturated rings. The number of anilines is 1. The van der Waals surface area contributed by atoms with Crippen LogP contribution in [0.15, 0.2) is 30.5 Å². The van der Waals surface area contributed by atoms with E-state index in [9.17, 15) is 14.7 Å². The minimum atomic E-state index is -0.882. The summed E-state index contributed by atoms with van der Waals surface area (Å²) in [6.07, 6.45) is 6.36. The van der Waals surface area contributed by atoms with Crippen LogP contribution in [0.3, 0.4) is 0 Å². The summed E-state index contributed by atoms with van der Waals surface area (Å²) in [5, 5.41) is 12.3. The number of carboxylic acid groups (broad SMARTS) is 1. The predicted octanol–water partition coefficient (Wildman–Crippen LogP) is 2.84. The maximum absolute atomic E-state index is 12.7. The first-order chi connectivity index (χ1) is 10.8. The van der Waals surface area contributed by atoms with Crippen LogP contribution in [-0.2, 0) is 15.0 Å². The zero-order valence-electron chi connectivity index (χ0n) is 13.6. The summed E-state index contributed by atoms with van der Waals surface area (Å²) in [4.78, 5) is 28.5. The Morgan fingerprint density at radius 2 is 1.87 bits per heavy atom. The van der Waals surface area contributed by atoms with Gasteiger partial charge in [0.2, 0.25) is 5.91 Å². The van der Waals surface area contributed by atoms with Crippen LogP contribution in [0.25, 0.3) is 0 Å². The third-order valence-electron chi connectivity index (χ3n) is 4.84. The average Bonchev–Trinajstić information content (AvgIpc) is 3.07. The molecule has 4 unspecified atom stereocenters. The van der Waals surface area contributed by atoms with Crippen LogP contribution in [0.5, 0.6) is 0 Å². The van der Waals surface area contributed by atoms with Crippen molar-refractivity contribution in [2.24, 2.45) is 23.7 Å². The fraction of sp³-hybridized carbons (Fsp3) is 0.500. The van der Waals surface area contributed by atoms with E-state index < -0.39 is 17.8 Å². The topological polar surface area (TPSA) is 79.3 Å². The Bertz CT molecular complexity index is 675. The number of carbonyl (C=O) groups excluding carboxylic acids is 1. The Labute approximate surface area is 135 Å². The Hall–Kier alpha value is -2.17. The van der Waals surface area contributed by atoms with Gasteiger partial charge in [-0.3, -0.25) is 14.6 Å². The number of carbonyl (C=O) groups is 2. The highest BCUT2D eigenvalue weighted by Gasteiger charge is 2.51. The monoisotopic (exact) mass is 314 g/mol. The van der Waals surface area contributed by atoms with E-state index in [2.05, 4.69) is 31.1 Å². The number of aliphatic carboxylic acids is 1. The Kier molecular flexibility index (Phi) is 3.74. The number of rotatable bonds is 3. The summed E-state index contributed by atoms with van der Waals surface area (Å²) in [6.45, 7) is 6.17. The molecule has 2 aliphatic rings. The standard InChI is InChI=1S/C18H22N2O3/c1-18(2,3)13-9-12(6-7-19-13)20-16(21)14-10-4-5-11(8-10)15(14)17(22)23/h4-7,9-11,14-15H,8H2,1-3H3,(H,22,23)(H,19,20,21). The van der Waals surface area contributed by atoms with Gasteiger partial charge in [-0.15, -0.1) is 0 Å². The summed E-state index contributed by atoms with van der Waals surface area (Å²) in [6, 6.07) is 3.60. The van der Waals surface area contributed by atoms with Crippen molar-refractivity contribution >= 4 is 17.6 Å². The molecule has 1 heterocycles. The molecule has 0 aromatic carbocycles. The molecule has 4 atom stereocenters. The van der Waals surface area contributed by atoms with Gasteiger partial charge in [-0.25, -0.2) is 0 Å². The van der Waals surface area contributed by atoms with Gasteiger partial charge in [-0.2, -0.15) is 0 Å². The summed E-state index contributed by atoms with van der Waals surface area (Å²) in [7, 11) is 0. The van der Waals surface area contributed by atoms with E-state index in [4.69, 9.17) is 0 Å². The molecule has 0 radical (unpaired) electrons. The van der Waals surface area contributed by atoms with E-state index in [-0.39, 0.29) is 23.2 Å². The molecule has 2 bridgehead atoms. The second-order valence-electron chi connectivity index (χ2n) is 7.51. The summed E-state index contributed by atoms with van der Waals surface area (Å²) >= 11 is 0. The van der Waals surface area contributed by atoms with E-state index in [0.29, 0.717) is 5.69 Å². The quantitative estimate of drug-likeness (QED) is 0.841. The molecule has 2 N–H and O–H groups in total. The van der Waals surface area contributed by atoms with Crippen molar-refractivity contribution in [1.29, 1.82) is 0 Å². The molecule has 0 saturated heterocycles. The third-order valence-corrected chi connectivity index (χ3v) is 4.84. The van der Waals surface area contributed by atoms with Gasteiger partial charge in [-0.05, 0) is 30.4 Å². The van der Waals surface area contributed by atoms with Gasteiger partial charge < -0.3 is 10.4 Å². The number of nitrogens with one attached hydrogen (secondary N) is 1. The zero-order chi connectivity index (χ0) is 16.8. The van der Waals surface area contributed by atoms with Crippen molar-refractivity contribution in [3.63, 3.8) is 0 Å². The lowest BCUT2D eigenvalue weighted by Gasteiger charge is -2.24. The SMILES string of the molecule is CC(C)(C)c1cc(NC(=O)C2C3C=CC(C3)C2C(=O)O)ccn1. The minimum absolute atomic E-state index is 0.0178. The number of allylic oxidation sites excluding steroid dienone is 2. The maximum atomic E-state index is 12.7. The van der Waals surface area contributed by atoms with Gasteiger partial charge in [0.25, 0.3) is 0 Å². The van der Waals surface area contributed by atoms with Crippen LogP contribution in [0, 0.1) is 23.7 Å². The first-order valence-corrected chi connectivity index (χ1v) is 7.96. The first-order valence-electron chi connectivity index (χ1n) is 7.96. The molecule has 1 aromatic rings. The third kappa shape index (κ3) is 2.87. The largest absolute Gasteiger partial charge is 0.481 e. The predicted molar refractivity (Wildman–Crippen MR) is 86.9 cm³/mol. The van der Waals surface area contributed by atoms with E-state index >= 15 is 0 Å². The van der Waals surface area contributed by atoms with Crippen LogP contribution >= 0.6 is 0 Å². The van der Waals surface area contributed by atoms with Crippen molar-refractivity contribution in [1.82, 2.24) is 4.98 Å². The molecular weight excluding hydrogens is 292 g/mol. The van der Waals surface area contributed by atoms with Crippen molar-refractivity contribution in [3.05, 3.63) is 36.2 Å². The Morgan fingerprint density at radius 3 is 2.48 bits per heavy atom. The summed E-state index contributed by atoms with van der Waals surface area (Å²) in [5.74, 6) is -2.18. The molecule has 0 aliphatic heterocycles. The van der Waals surface area contributed by atoms with Crippen LogP contribution in [-0.4, -0.2) is 22.0 Å². The van der Waals surface area contributed by atoms with E-state index in [1.54, 1.807) is 12.3 Å². The number of carboxylic acids is 1. The first kappa shape index (κ1) is 15.7. The van der Waals surface area contributed by atoms with Crippen molar-refractivity contribution in [3.8, 4) is 0 Å². The second kappa shape index (κ2) is 5.48. The number of nitrogens with zero attached hydrogens (tertiary/aromatic N) is 1. The molecule has 1 saturated carbocycles.